The molecule has 2 aromatic carbocycles. The molecule has 2 N–H and O–H groups in total. The molecule has 6 heteroatoms. The number of carbonyl (C=O) groups is 2. The summed E-state index contributed by atoms with van der Waals surface area (Å²) >= 11 is 0. The number of rotatable bonds is 3. The van der Waals surface area contributed by atoms with E-state index < -0.39 is 6.10 Å². The molecule has 2 amide bonds. The molecule has 1 aliphatic rings. The number of para-hydroxylation sites is 2. The third kappa shape index (κ3) is 3.26. The van der Waals surface area contributed by atoms with Crippen molar-refractivity contribution < 1.29 is 19.1 Å². The first-order valence-electron chi connectivity index (χ1n) is 7.19. The summed E-state index contributed by atoms with van der Waals surface area (Å²) in [6, 6.07) is 13.8. The molecule has 0 saturated heterocycles. The number of fused-ring (bicyclic) bond motifs is 1. The molecule has 0 radical (unpaired) electrons. The maximum absolute atomic E-state index is 12.3. The van der Waals surface area contributed by atoms with E-state index in [9.17, 15) is 9.59 Å². The second kappa shape index (κ2) is 6.39. The highest BCUT2D eigenvalue weighted by Gasteiger charge is 2.27. The van der Waals surface area contributed by atoms with Gasteiger partial charge in [0.25, 0.3) is 11.8 Å². The van der Waals surface area contributed by atoms with Crippen LogP contribution in [0.4, 0.5) is 5.69 Å². The largest absolute Gasteiger partial charge is 0.485 e. The standard InChI is InChI=1S/C17H16N2O4/c1-18-16(20)11-6-8-12(9-7-11)19-17(21)15-10-22-13-4-2-3-5-14(13)23-15/h2-9,15H,10H2,1H3,(H,18,20)(H,19,21)/t15-/m1/s1. The van der Waals surface area contributed by atoms with Crippen LogP contribution in [0.3, 0.4) is 0 Å². The normalized spacial score (nSPS) is 15.6. The number of ether oxygens (including phenoxy) is 2. The minimum atomic E-state index is -0.719. The predicted molar refractivity (Wildman–Crippen MR) is 84.8 cm³/mol. The molecule has 0 saturated carbocycles. The predicted octanol–water partition coefficient (Wildman–Crippen LogP) is 1.82. The third-order valence-electron chi connectivity index (χ3n) is 3.44. The second-order valence-electron chi connectivity index (χ2n) is 5.01. The van der Waals surface area contributed by atoms with Gasteiger partial charge in [-0.1, -0.05) is 12.1 Å². The van der Waals surface area contributed by atoms with Gasteiger partial charge >= 0.3 is 0 Å². The van der Waals surface area contributed by atoms with Gasteiger partial charge in [-0.25, -0.2) is 0 Å². The fourth-order valence-electron chi connectivity index (χ4n) is 2.22. The summed E-state index contributed by atoms with van der Waals surface area (Å²) in [5, 5.41) is 5.29. The summed E-state index contributed by atoms with van der Waals surface area (Å²) in [6.07, 6.45) is -0.719. The Bertz CT molecular complexity index is 728. The zero-order valence-electron chi connectivity index (χ0n) is 12.5. The van der Waals surface area contributed by atoms with Crippen LogP contribution in [0.2, 0.25) is 0 Å². The number of hydrogen-bond donors (Lipinski definition) is 2. The first kappa shape index (κ1) is 14.9. The zero-order chi connectivity index (χ0) is 16.2. The molecule has 0 aromatic heterocycles. The lowest BCUT2D eigenvalue weighted by atomic mass is 10.2. The van der Waals surface area contributed by atoms with Gasteiger partial charge in [-0.15, -0.1) is 0 Å². The molecule has 0 fully saturated rings. The van der Waals surface area contributed by atoms with Crippen molar-refractivity contribution in [1.29, 1.82) is 0 Å². The maximum atomic E-state index is 12.3. The third-order valence-corrected chi connectivity index (χ3v) is 3.44. The quantitative estimate of drug-likeness (QED) is 0.906. The van der Waals surface area contributed by atoms with Crippen molar-refractivity contribution in [3.63, 3.8) is 0 Å². The van der Waals surface area contributed by atoms with Crippen LogP contribution in [0, 0.1) is 0 Å². The lowest BCUT2D eigenvalue weighted by molar-refractivity contribution is -0.125. The van der Waals surface area contributed by atoms with Crippen LogP contribution < -0.4 is 20.1 Å². The summed E-state index contributed by atoms with van der Waals surface area (Å²) < 4.78 is 11.2. The first-order valence-corrected chi connectivity index (χ1v) is 7.19. The lowest BCUT2D eigenvalue weighted by Gasteiger charge is -2.25. The molecule has 6 nitrogen and oxygen atoms in total. The molecule has 0 spiro atoms. The van der Waals surface area contributed by atoms with Crippen LogP contribution in [0.1, 0.15) is 10.4 Å². The Labute approximate surface area is 133 Å². The molecule has 1 aliphatic heterocycles. The smallest absolute Gasteiger partial charge is 0.269 e. The number of amides is 2. The maximum Gasteiger partial charge on any atom is 0.269 e. The fourth-order valence-corrected chi connectivity index (χ4v) is 2.22. The molecule has 0 aliphatic carbocycles. The van der Waals surface area contributed by atoms with E-state index in [0.717, 1.165) is 0 Å². The molecule has 118 valence electrons. The van der Waals surface area contributed by atoms with E-state index in [0.29, 0.717) is 22.7 Å². The van der Waals surface area contributed by atoms with E-state index >= 15 is 0 Å². The molecule has 0 bridgehead atoms. The van der Waals surface area contributed by atoms with Crippen molar-refractivity contribution in [2.24, 2.45) is 0 Å². The van der Waals surface area contributed by atoms with Gasteiger partial charge in [-0.05, 0) is 36.4 Å². The van der Waals surface area contributed by atoms with E-state index in [2.05, 4.69) is 10.6 Å². The van der Waals surface area contributed by atoms with Crippen molar-refractivity contribution in [2.45, 2.75) is 6.10 Å². The van der Waals surface area contributed by atoms with Crippen LogP contribution >= 0.6 is 0 Å². The van der Waals surface area contributed by atoms with Gasteiger partial charge in [0.1, 0.15) is 6.61 Å². The average molecular weight is 312 g/mol. The molecule has 2 aromatic rings. The van der Waals surface area contributed by atoms with E-state index in [1.165, 1.54) is 0 Å². The number of nitrogens with one attached hydrogen (secondary N) is 2. The minimum Gasteiger partial charge on any atom is -0.485 e. The summed E-state index contributed by atoms with van der Waals surface area (Å²) in [7, 11) is 1.57. The molecular formula is C17H16N2O4. The van der Waals surface area contributed by atoms with Crippen LogP contribution in [0.5, 0.6) is 11.5 Å². The van der Waals surface area contributed by atoms with E-state index in [1.807, 2.05) is 12.1 Å². The Balaban J connectivity index is 1.65. The Morgan fingerprint density at radius 3 is 2.43 bits per heavy atom. The summed E-state index contributed by atoms with van der Waals surface area (Å²) in [6.45, 7) is 0.152. The molecule has 0 unspecified atom stereocenters. The highest BCUT2D eigenvalue weighted by Crippen LogP contribution is 2.31. The van der Waals surface area contributed by atoms with E-state index in [4.69, 9.17) is 9.47 Å². The Hall–Kier alpha value is -3.02. The molecule has 1 atom stereocenters. The SMILES string of the molecule is CNC(=O)c1ccc(NC(=O)[C@H]2COc3ccccc3O2)cc1. The van der Waals surface area contributed by atoms with Crippen LogP contribution in [0.15, 0.2) is 48.5 Å². The van der Waals surface area contributed by atoms with E-state index in [-0.39, 0.29) is 18.4 Å². The number of anilines is 1. The van der Waals surface area contributed by atoms with Gasteiger partial charge in [-0.2, -0.15) is 0 Å². The van der Waals surface area contributed by atoms with Crippen LogP contribution in [-0.4, -0.2) is 31.6 Å². The number of carbonyl (C=O) groups excluding carboxylic acids is 2. The zero-order valence-corrected chi connectivity index (χ0v) is 12.5. The Kier molecular flexibility index (Phi) is 4.14. The van der Waals surface area contributed by atoms with Crippen molar-refractivity contribution >= 4 is 17.5 Å². The molecular weight excluding hydrogens is 296 g/mol. The average Bonchev–Trinajstić information content (AvgIpc) is 2.61. The van der Waals surface area contributed by atoms with Gasteiger partial charge in [0.2, 0.25) is 6.10 Å². The topological polar surface area (TPSA) is 76.7 Å². The van der Waals surface area contributed by atoms with Crippen LogP contribution in [0.25, 0.3) is 0 Å². The summed E-state index contributed by atoms with van der Waals surface area (Å²) in [5.74, 6) is 0.705. The highest BCUT2D eigenvalue weighted by molar-refractivity contribution is 5.97. The molecule has 1 heterocycles. The number of benzene rings is 2. The molecule has 3 rings (SSSR count). The minimum absolute atomic E-state index is 0.152. The van der Waals surface area contributed by atoms with Gasteiger partial charge < -0.3 is 20.1 Å². The van der Waals surface area contributed by atoms with Crippen molar-refractivity contribution in [3.05, 3.63) is 54.1 Å². The highest BCUT2D eigenvalue weighted by atomic mass is 16.6. The molecule has 23 heavy (non-hydrogen) atoms. The number of hydrogen-bond acceptors (Lipinski definition) is 4. The fraction of sp³-hybridized carbons (Fsp3) is 0.176. The van der Waals surface area contributed by atoms with Gasteiger partial charge in [0.15, 0.2) is 11.5 Å². The van der Waals surface area contributed by atoms with Gasteiger partial charge in [0.05, 0.1) is 0 Å². The lowest BCUT2D eigenvalue weighted by Crippen LogP contribution is -2.40. The first-order chi connectivity index (χ1) is 11.2. The monoisotopic (exact) mass is 312 g/mol. The Morgan fingerprint density at radius 2 is 1.74 bits per heavy atom. The van der Waals surface area contributed by atoms with E-state index in [1.54, 1.807) is 43.4 Å². The summed E-state index contributed by atoms with van der Waals surface area (Å²) in [4.78, 5) is 23.7. The van der Waals surface area contributed by atoms with Gasteiger partial charge in [0, 0.05) is 18.3 Å². The van der Waals surface area contributed by atoms with Crippen LogP contribution in [-0.2, 0) is 4.79 Å². The second-order valence-corrected chi connectivity index (χ2v) is 5.01. The van der Waals surface area contributed by atoms with Crippen molar-refractivity contribution in [3.8, 4) is 11.5 Å². The Morgan fingerprint density at radius 1 is 1.04 bits per heavy atom. The van der Waals surface area contributed by atoms with Crippen molar-refractivity contribution in [1.82, 2.24) is 5.32 Å². The summed E-state index contributed by atoms with van der Waals surface area (Å²) in [5.41, 5.74) is 1.11. The van der Waals surface area contributed by atoms with Gasteiger partial charge in [-0.3, -0.25) is 9.59 Å². The van der Waals surface area contributed by atoms with Crippen molar-refractivity contribution in [2.75, 3.05) is 19.0 Å².